The molecule has 0 fully saturated rings. The van der Waals surface area contributed by atoms with Gasteiger partial charge in [0.15, 0.2) is 0 Å². The molecule has 12 heavy (non-hydrogen) atoms. The molecule has 68 valence electrons. The Hall–Kier alpha value is -1.30. The van der Waals surface area contributed by atoms with Crippen LogP contribution in [-0.4, -0.2) is 33.8 Å². The molecular formula is C6H12N4O2. The third kappa shape index (κ3) is 1.33. The molecule has 6 heteroatoms. The number of hydrogen-bond acceptors (Lipinski definition) is 3. The molecule has 0 bridgehead atoms. The highest BCUT2D eigenvalue weighted by atomic mass is 16.2. The van der Waals surface area contributed by atoms with Gasteiger partial charge < -0.3 is 0 Å². The number of nitrogens with one attached hydrogen (secondary N) is 2. The van der Waals surface area contributed by atoms with Crippen molar-refractivity contribution in [3.63, 3.8) is 0 Å². The summed E-state index contributed by atoms with van der Waals surface area (Å²) < 4.78 is 1.11. The van der Waals surface area contributed by atoms with E-state index in [1.807, 2.05) is 0 Å². The van der Waals surface area contributed by atoms with Crippen LogP contribution in [0.4, 0.5) is 0 Å². The van der Waals surface area contributed by atoms with Gasteiger partial charge in [0, 0.05) is 0 Å². The van der Waals surface area contributed by atoms with E-state index in [1.54, 1.807) is 25.9 Å². The molecule has 1 atom stereocenters. The fourth-order valence-electron chi connectivity index (χ4n) is 0.890. The zero-order chi connectivity index (χ0) is 9.30. The Morgan fingerprint density at radius 2 is 1.67 bits per heavy atom. The van der Waals surface area contributed by atoms with Gasteiger partial charge in [-0.05, 0) is 21.0 Å². The third-order valence-corrected chi connectivity index (χ3v) is 1.83. The summed E-state index contributed by atoms with van der Waals surface area (Å²) in [5, 5.41) is 4.43. The van der Waals surface area contributed by atoms with Crippen LogP contribution in [0.1, 0.15) is 13.1 Å². The molecule has 0 spiro atoms. The molecule has 0 aliphatic heterocycles. The van der Waals surface area contributed by atoms with Crippen LogP contribution < -0.4 is 11.4 Å². The van der Waals surface area contributed by atoms with Crippen LogP contribution in [-0.2, 0) is 0 Å². The minimum atomic E-state index is -0.416. The maximum Gasteiger partial charge on any atom is 0.345 e. The summed E-state index contributed by atoms with van der Waals surface area (Å²) in [5.74, 6) is 0. The van der Waals surface area contributed by atoms with Gasteiger partial charge in [-0.2, -0.15) is 0 Å². The predicted octanol–water partition coefficient (Wildman–Crippen LogP) is -1.06. The summed E-state index contributed by atoms with van der Waals surface area (Å²) in [7, 11) is 3.59. The highest BCUT2D eigenvalue weighted by Crippen LogP contribution is 1.99. The fraction of sp³-hybridized carbons (Fsp3) is 0.667. The molecule has 1 aromatic rings. The number of hydrogen-bond donors (Lipinski definition) is 2. The molecule has 1 aromatic heterocycles. The monoisotopic (exact) mass is 172 g/mol. The van der Waals surface area contributed by atoms with Crippen LogP contribution in [0.3, 0.4) is 0 Å². The Balaban J connectivity index is 3.18. The topological polar surface area (TPSA) is 73.9 Å². The largest absolute Gasteiger partial charge is 0.345 e. The van der Waals surface area contributed by atoms with Gasteiger partial charge in [-0.1, -0.05) is 0 Å². The minimum Gasteiger partial charge on any atom is -0.289 e. The van der Waals surface area contributed by atoms with E-state index in [4.69, 9.17) is 0 Å². The van der Waals surface area contributed by atoms with Crippen molar-refractivity contribution in [3.05, 3.63) is 21.0 Å². The van der Waals surface area contributed by atoms with Crippen molar-refractivity contribution >= 4 is 0 Å². The normalized spacial score (nSPS) is 13.7. The number of nitrogens with zero attached hydrogens (tertiary/aromatic N) is 2. The first-order valence-electron chi connectivity index (χ1n) is 3.59. The van der Waals surface area contributed by atoms with E-state index in [0.29, 0.717) is 0 Å². The maximum absolute atomic E-state index is 11.0. The number of H-pyrrole nitrogens is 2. The zero-order valence-electron chi connectivity index (χ0n) is 7.29. The summed E-state index contributed by atoms with van der Waals surface area (Å²) >= 11 is 0. The molecule has 0 aromatic carbocycles. The average Bonchev–Trinajstić information content (AvgIpc) is 2.30. The van der Waals surface area contributed by atoms with E-state index in [-0.39, 0.29) is 6.17 Å². The molecule has 1 unspecified atom stereocenters. The number of aromatic nitrogens is 3. The zero-order valence-corrected chi connectivity index (χ0v) is 7.29. The maximum atomic E-state index is 11.0. The molecule has 0 saturated heterocycles. The van der Waals surface area contributed by atoms with E-state index in [0.717, 1.165) is 4.57 Å². The van der Waals surface area contributed by atoms with Gasteiger partial charge >= 0.3 is 11.4 Å². The van der Waals surface area contributed by atoms with Gasteiger partial charge in [-0.15, -0.1) is 0 Å². The lowest BCUT2D eigenvalue weighted by Gasteiger charge is -2.18. The Kier molecular flexibility index (Phi) is 2.18. The van der Waals surface area contributed by atoms with Crippen molar-refractivity contribution in [1.29, 1.82) is 0 Å². The lowest BCUT2D eigenvalue weighted by Crippen LogP contribution is -2.36. The van der Waals surface area contributed by atoms with Gasteiger partial charge in [-0.25, -0.2) is 24.4 Å². The molecule has 0 amide bonds. The Morgan fingerprint density at radius 3 is 2.00 bits per heavy atom. The minimum absolute atomic E-state index is 0.243. The van der Waals surface area contributed by atoms with Crippen LogP contribution >= 0.6 is 0 Å². The summed E-state index contributed by atoms with van der Waals surface area (Å²) in [4.78, 5) is 23.8. The molecule has 0 aliphatic carbocycles. The Bertz CT molecular complexity index is 331. The van der Waals surface area contributed by atoms with Crippen molar-refractivity contribution in [2.75, 3.05) is 14.1 Å². The number of aromatic amines is 2. The van der Waals surface area contributed by atoms with Gasteiger partial charge in [-0.3, -0.25) is 4.90 Å². The SMILES string of the molecule is CC(N(C)C)n1c(=O)[nH][nH]c1=O. The van der Waals surface area contributed by atoms with Crippen molar-refractivity contribution < 1.29 is 0 Å². The standard InChI is InChI=1S/C6H12N4O2/c1-4(9(2)3)10-5(11)7-8-6(10)12/h4H,1-3H3,(H,7,11)(H,8,12). The quantitative estimate of drug-likeness (QED) is 0.597. The van der Waals surface area contributed by atoms with Crippen molar-refractivity contribution in [2.24, 2.45) is 0 Å². The van der Waals surface area contributed by atoms with Crippen LogP contribution in [0, 0.1) is 0 Å². The van der Waals surface area contributed by atoms with Crippen molar-refractivity contribution in [1.82, 2.24) is 19.7 Å². The van der Waals surface area contributed by atoms with E-state index in [9.17, 15) is 9.59 Å². The first-order chi connectivity index (χ1) is 5.54. The van der Waals surface area contributed by atoms with E-state index in [1.165, 1.54) is 0 Å². The van der Waals surface area contributed by atoms with Crippen LogP contribution in [0.25, 0.3) is 0 Å². The molecule has 0 aliphatic rings. The summed E-state index contributed by atoms with van der Waals surface area (Å²) in [6.45, 7) is 1.77. The molecule has 1 rings (SSSR count). The van der Waals surface area contributed by atoms with E-state index < -0.39 is 11.4 Å². The molecule has 0 radical (unpaired) electrons. The second kappa shape index (κ2) is 2.98. The molecule has 1 heterocycles. The van der Waals surface area contributed by atoms with Gasteiger partial charge in [0.2, 0.25) is 0 Å². The smallest absolute Gasteiger partial charge is 0.289 e. The number of rotatable bonds is 2. The van der Waals surface area contributed by atoms with Gasteiger partial charge in [0.1, 0.15) is 0 Å². The van der Waals surface area contributed by atoms with Crippen molar-refractivity contribution in [2.45, 2.75) is 13.1 Å². The highest BCUT2D eigenvalue weighted by Gasteiger charge is 2.12. The molecule has 2 N–H and O–H groups in total. The van der Waals surface area contributed by atoms with Crippen LogP contribution in [0.5, 0.6) is 0 Å². The van der Waals surface area contributed by atoms with E-state index in [2.05, 4.69) is 10.2 Å². The summed E-state index contributed by atoms with van der Waals surface area (Å²) in [6.07, 6.45) is -0.243. The van der Waals surface area contributed by atoms with Crippen LogP contribution in [0.15, 0.2) is 9.59 Å². The average molecular weight is 172 g/mol. The second-order valence-electron chi connectivity index (χ2n) is 2.83. The Labute approximate surface area is 68.8 Å². The van der Waals surface area contributed by atoms with Crippen molar-refractivity contribution in [3.8, 4) is 0 Å². The Morgan fingerprint density at radius 1 is 1.25 bits per heavy atom. The van der Waals surface area contributed by atoms with Crippen LogP contribution in [0.2, 0.25) is 0 Å². The summed E-state index contributed by atoms with van der Waals surface area (Å²) in [6, 6.07) is 0. The lowest BCUT2D eigenvalue weighted by atomic mass is 10.5. The highest BCUT2D eigenvalue weighted by molar-refractivity contribution is 4.70. The van der Waals surface area contributed by atoms with Gasteiger partial charge in [0.25, 0.3) is 0 Å². The van der Waals surface area contributed by atoms with Gasteiger partial charge in [0.05, 0.1) is 6.17 Å². The lowest BCUT2D eigenvalue weighted by molar-refractivity contribution is 0.229. The third-order valence-electron chi connectivity index (χ3n) is 1.83. The summed E-state index contributed by atoms with van der Waals surface area (Å²) in [5.41, 5.74) is -0.831. The van der Waals surface area contributed by atoms with E-state index >= 15 is 0 Å². The first kappa shape index (κ1) is 8.79. The second-order valence-corrected chi connectivity index (χ2v) is 2.83. The molecule has 6 nitrogen and oxygen atoms in total. The first-order valence-corrected chi connectivity index (χ1v) is 3.59. The molecule has 0 saturated carbocycles. The fourth-order valence-corrected chi connectivity index (χ4v) is 0.890. The predicted molar refractivity (Wildman–Crippen MR) is 44.1 cm³/mol. The molecular weight excluding hydrogens is 160 g/mol.